The minimum atomic E-state index is -0.466. The smallest absolute Gasteiger partial charge is 0.262 e. The van der Waals surface area contributed by atoms with Crippen molar-refractivity contribution >= 4 is 12.0 Å². The number of rotatable bonds is 6. The monoisotopic (exact) mass is 448 g/mol. The van der Waals surface area contributed by atoms with Gasteiger partial charge in [0.1, 0.15) is 11.6 Å². The molecule has 166 valence electrons. The molecule has 5 rings (SSSR count). The van der Waals surface area contributed by atoms with Crippen LogP contribution in [0.1, 0.15) is 11.1 Å². The van der Waals surface area contributed by atoms with Crippen LogP contribution in [0.15, 0.2) is 90.6 Å². The van der Waals surface area contributed by atoms with E-state index in [1.165, 1.54) is 0 Å². The fraction of sp³-hybridized carbons (Fsp3) is 0.0741. The minimum absolute atomic E-state index is 0.00876. The fourth-order valence-corrected chi connectivity index (χ4v) is 3.66. The van der Waals surface area contributed by atoms with Crippen LogP contribution in [0, 0.1) is 11.3 Å². The van der Waals surface area contributed by atoms with Gasteiger partial charge in [0.2, 0.25) is 6.79 Å². The summed E-state index contributed by atoms with van der Waals surface area (Å²) >= 11 is 0. The molecule has 0 unspecified atom stereocenters. The summed E-state index contributed by atoms with van der Waals surface area (Å²) in [6, 6.07) is 26.8. The van der Waals surface area contributed by atoms with E-state index in [1.807, 2.05) is 85.1 Å². The summed E-state index contributed by atoms with van der Waals surface area (Å²) in [4.78, 5) is 12.8. The number of hydrogen-bond donors (Lipinski definition) is 1. The van der Waals surface area contributed by atoms with Crippen LogP contribution in [-0.2, 0) is 11.3 Å². The van der Waals surface area contributed by atoms with Gasteiger partial charge in [-0.1, -0.05) is 54.6 Å². The normalized spacial score (nSPS) is 12.3. The predicted octanol–water partition coefficient (Wildman–Crippen LogP) is 4.49. The van der Waals surface area contributed by atoms with Crippen molar-refractivity contribution in [3.8, 4) is 34.5 Å². The number of nitriles is 1. The topological polar surface area (TPSA) is 89.2 Å². The third-order valence-corrected chi connectivity index (χ3v) is 5.37. The summed E-state index contributed by atoms with van der Waals surface area (Å²) < 4.78 is 12.4. The highest BCUT2D eigenvalue weighted by Gasteiger charge is 2.16. The molecule has 1 N–H and O–H groups in total. The van der Waals surface area contributed by atoms with Crippen LogP contribution in [0.2, 0.25) is 0 Å². The van der Waals surface area contributed by atoms with Crippen LogP contribution in [-0.4, -0.2) is 22.5 Å². The van der Waals surface area contributed by atoms with E-state index >= 15 is 0 Å². The second-order valence-electron chi connectivity index (χ2n) is 7.62. The van der Waals surface area contributed by atoms with Gasteiger partial charge in [0.15, 0.2) is 11.5 Å². The van der Waals surface area contributed by atoms with Crippen LogP contribution in [0.4, 0.5) is 0 Å². The maximum Gasteiger partial charge on any atom is 0.262 e. The Balaban J connectivity index is 1.42. The first kappa shape index (κ1) is 21.0. The number of carbonyl (C=O) groups is 1. The number of aromatic nitrogens is 2. The van der Waals surface area contributed by atoms with Gasteiger partial charge in [0.25, 0.3) is 5.91 Å². The van der Waals surface area contributed by atoms with Crippen molar-refractivity contribution in [2.45, 2.75) is 6.54 Å². The molecule has 1 aromatic heterocycles. The number of benzene rings is 3. The van der Waals surface area contributed by atoms with Crippen LogP contribution >= 0.6 is 0 Å². The first-order valence-corrected chi connectivity index (χ1v) is 10.7. The van der Waals surface area contributed by atoms with E-state index in [-0.39, 0.29) is 18.9 Å². The first-order chi connectivity index (χ1) is 16.7. The number of hydrogen-bond acceptors (Lipinski definition) is 5. The highest BCUT2D eigenvalue weighted by molar-refractivity contribution is 6.02. The van der Waals surface area contributed by atoms with Gasteiger partial charge in [0, 0.05) is 23.9 Å². The predicted molar refractivity (Wildman–Crippen MR) is 127 cm³/mol. The zero-order valence-corrected chi connectivity index (χ0v) is 18.1. The van der Waals surface area contributed by atoms with E-state index < -0.39 is 5.91 Å². The van der Waals surface area contributed by atoms with Crippen LogP contribution in [0.5, 0.6) is 11.5 Å². The maximum absolute atomic E-state index is 12.8. The highest BCUT2D eigenvalue weighted by Crippen LogP contribution is 2.32. The summed E-state index contributed by atoms with van der Waals surface area (Å²) in [6.45, 7) is 0.441. The van der Waals surface area contributed by atoms with Crippen molar-refractivity contribution in [2.24, 2.45) is 0 Å². The summed E-state index contributed by atoms with van der Waals surface area (Å²) in [7, 11) is 0. The fourth-order valence-electron chi connectivity index (χ4n) is 3.66. The quantitative estimate of drug-likeness (QED) is 0.347. The Morgan fingerprint density at radius 1 is 1.03 bits per heavy atom. The van der Waals surface area contributed by atoms with Gasteiger partial charge in [-0.15, -0.1) is 0 Å². The van der Waals surface area contributed by atoms with E-state index in [0.717, 1.165) is 16.8 Å². The summed E-state index contributed by atoms with van der Waals surface area (Å²) in [5.41, 5.74) is 3.96. The van der Waals surface area contributed by atoms with E-state index in [4.69, 9.17) is 14.6 Å². The number of fused-ring (bicyclic) bond motifs is 1. The van der Waals surface area contributed by atoms with Gasteiger partial charge >= 0.3 is 0 Å². The van der Waals surface area contributed by atoms with Gasteiger partial charge in [-0.05, 0) is 35.9 Å². The van der Waals surface area contributed by atoms with Gasteiger partial charge in [0.05, 0.1) is 11.4 Å². The third kappa shape index (κ3) is 4.38. The molecule has 2 heterocycles. The van der Waals surface area contributed by atoms with Crippen molar-refractivity contribution in [2.75, 3.05) is 6.79 Å². The molecule has 0 saturated heterocycles. The Hall–Kier alpha value is -4.83. The molecule has 7 nitrogen and oxygen atoms in total. The lowest BCUT2D eigenvalue weighted by atomic mass is 10.1. The Kier molecular flexibility index (Phi) is 5.78. The molecule has 0 fully saturated rings. The largest absolute Gasteiger partial charge is 0.454 e. The second-order valence-corrected chi connectivity index (χ2v) is 7.62. The van der Waals surface area contributed by atoms with Gasteiger partial charge < -0.3 is 14.8 Å². The molecule has 0 saturated carbocycles. The molecule has 0 radical (unpaired) electrons. The molecule has 34 heavy (non-hydrogen) atoms. The molecule has 7 heteroatoms. The molecule has 0 spiro atoms. The molecule has 1 amide bonds. The molecular formula is C27H20N4O3. The van der Waals surface area contributed by atoms with E-state index in [9.17, 15) is 10.1 Å². The van der Waals surface area contributed by atoms with Crippen molar-refractivity contribution in [3.05, 3.63) is 102 Å². The van der Waals surface area contributed by atoms with E-state index in [0.29, 0.717) is 22.8 Å². The SMILES string of the molecule is N#CC(=Cc1cn(-c2ccccc2)nc1-c1ccccc1)C(=O)NCc1ccc2c(c1)OCO2. The highest BCUT2D eigenvalue weighted by atomic mass is 16.7. The van der Waals surface area contributed by atoms with Crippen molar-refractivity contribution in [1.29, 1.82) is 5.26 Å². The number of para-hydroxylation sites is 1. The average Bonchev–Trinajstić information content (AvgIpc) is 3.53. The average molecular weight is 448 g/mol. The lowest BCUT2D eigenvalue weighted by molar-refractivity contribution is -0.117. The first-order valence-electron chi connectivity index (χ1n) is 10.7. The van der Waals surface area contributed by atoms with Crippen molar-refractivity contribution < 1.29 is 14.3 Å². The van der Waals surface area contributed by atoms with Gasteiger partial charge in [-0.25, -0.2) is 4.68 Å². The second kappa shape index (κ2) is 9.35. The Bertz CT molecular complexity index is 1400. The number of nitrogens with one attached hydrogen (secondary N) is 1. The Labute approximate surface area is 196 Å². The molecule has 1 aliphatic heterocycles. The minimum Gasteiger partial charge on any atom is -0.454 e. The standard InChI is InChI=1S/C27H20N4O3/c28-15-21(27(32)29-16-19-11-12-24-25(13-19)34-18-33-24)14-22-17-31(23-9-5-2-6-10-23)30-26(22)20-7-3-1-4-8-20/h1-14,17H,16,18H2,(H,29,32). The molecule has 4 aromatic rings. The zero-order valence-electron chi connectivity index (χ0n) is 18.1. The summed E-state index contributed by atoms with van der Waals surface area (Å²) in [6.07, 6.45) is 3.39. The number of carbonyl (C=O) groups excluding carboxylic acids is 1. The Morgan fingerprint density at radius 3 is 2.53 bits per heavy atom. The number of ether oxygens (including phenoxy) is 2. The van der Waals surface area contributed by atoms with Crippen molar-refractivity contribution in [1.82, 2.24) is 15.1 Å². The van der Waals surface area contributed by atoms with Crippen molar-refractivity contribution in [3.63, 3.8) is 0 Å². The molecule has 0 bridgehead atoms. The maximum atomic E-state index is 12.8. The summed E-state index contributed by atoms with van der Waals surface area (Å²) in [5, 5.41) is 17.3. The molecule has 0 atom stereocenters. The van der Waals surface area contributed by atoms with Crippen LogP contribution in [0.25, 0.3) is 23.0 Å². The third-order valence-electron chi connectivity index (χ3n) is 5.37. The van der Waals surface area contributed by atoms with Gasteiger partial charge in [-0.2, -0.15) is 10.4 Å². The Morgan fingerprint density at radius 2 is 1.76 bits per heavy atom. The lowest BCUT2D eigenvalue weighted by Gasteiger charge is -2.06. The van der Waals surface area contributed by atoms with E-state index in [2.05, 4.69) is 5.32 Å². The molecule has 3 aromatic carbocycles. The van der Waals surface area contributed by atoms with Crippen LogP contribution < -0.4 is 14.8 Å². The van der Waals surface area contributed by atoms with Crippen LogP contribution in [0.3, 0.4) is 0 Å². The molecular weight excluding hydrogens is 428 g/mol. The zero-order chi connectivity index (χ0) is 23.3. The number of nitrogens with zero attached hydrogens (tertiary/aromatic N) is 3. The summed E-state index contributed by atoms with van der Waals surface area (Å²) in [5.74, 6) is 0.854. The molecule has 1 aliphatic rings. The molecule has 0 aliphatic carbocycles. The van der Waals surface area contributed by atoms with Gasteiger partial charge in [-0.3, -0.25) is 4.79 Å². The number of amides is 1. The van der Waals surface area contributed by atoms with E-state index in [1.54, 1.807) is 16.8 Å². The lowest BCUT2D eigenvalue weighted by Crippen LogP contribution is -2.23.